The van der Waals surface area contributed by atoms with Gasteiger partial charge in [-0.1, -0.05) is 11.6 Å². The van der Waals surface area contributed by atoms with E-state index in [1.807, 2.05) is 0 Å². The van der Waals surface area contributed by atoms with E-state index in [-0.39, 0.29) is 5.75 Å². The van der Waals surface area contributed by atoms with Crippen molar-refractivity contribution in [2.75, 3.05) is 18.6 Å². The first kappa shape index (κ1) is 12.3. The van der Waals surface area contributed by atoms with Crippen molar-refractivity contribution in [1.29, 1.82) is 0 Å². The highest BCUT2D eigenvalue weighted by Gasteiger charge is 2.01. The van der Waals surface area contributed by atoms with Crippen LogP contribution in [0.1, 0.15) is 6.42 Å². The van der Waals surface area contributed by atoms with Gasteiger partial charge in [0, 0.05) is 6.26 Å². The molecule has 1 aromatic heterocycles. The summed E-state index contributed by atoms with van der Waals surface area (Å²) in [7, 11) is -2.90. The summed E-state index contributed by atoms with van der Waals surface area (Å²) in [6.07, 6.45) is 3.18. The van der Waals surface area contributed by atoms with Gasteiger partial charge in [-0.3, -0.25) is 0 Å². The van der Waals surface area contributed by atoms with Gasteiger partial charge >= 0.3 is 0 Å². The molecule has 0 aliphatic carbocycles. The first-order valence-corrected chi connectivity index (χ1v) is 6.83. The highest BCUT2D eigenvalue weighted by Crippen LogP contribution is 2.12. The maximum Gasteiger partial charge on any atom is 0.147 e. The van der Waals surface area contributed by atoms with Crippen LogP contribution < -0.4 is 4.74 Å². The summed E-state index contributed by atoms with van der Waals surface area (Å²) in [6, 6.07) is 3.31. The first-order valence-electron chi connectivity index (χ1n) is 4.39. The van der Waals surface area contributed by atoms with Crippen LogP contribution in [-0.4, -0.2) is 32.0 Å². The Morgan fingerprint density at radius 2 is 2.20 bits per heavy atom. The summed E-state index contributed by atoms with van der Waals surface area (Å²) >= 11 is 5.59. The fourth-order valence-corrected chi connectivity index (χ4v) is 1.71. The summed E-state index contributed by atoms with van der Waals surface area (Å²) in [5, 5.41) is 0.401. The summed E-state index contributed by atoms with van der Waals surface area (Å²) in [4.78, 5) is 3.83. The Kier molecular flexibility index (Phi) is 4.35. The third-order valence-corrected chi connectivity index (χ3v) is 2.88. The average Bonchev–Trinajstić information content (AvgIpc) is 2.14. The Hall–Kier alpha value is -0.810. The number of nitrogens with zero attached hydrogens (tertiary/aromatic N) is 1. The van der Waals surface area contributed by atoms with Crippen LogP contribution in [0.15, 0.2) is 18.3 Å². The summed E-state index contributed by atoms with van der Waals surface area (Å²) in [6.45, 7) is 0.358. The summed E-state index contributed by atoms with van der Waals surface area (Å²) < 4.78 is 26.9. The van der Waals surface area contributed by atoms with Crippen molar-refractivity contribution in [3.8, 4) is 5.75 Å². The van der Waals surface area contributed by atoms with Crippen molar-refractivity contribution in [3.05, 3.63) is 23.5 Å². The first-order chi connectivity index (χ1) is 6.97. The average molecular weight is 250 g/mol. The lowest BCUT2D eigenvalue weighted by molar-refractivity contribution is 0.316. The molecule has 0 aliphatic heterocycles. The van der Waals surface area contributed by atoms with Crippen LogP contribution in [-0.2, 0) is 9.84 Å². The maximum atomic E-state index is 10.8. The second-order valence-electron chi connectivity index (χ2n) is 3.15. The quantitative estimate of drug-likeness (QED) is 0.587. The molecule has 84 valence electrons. The minimum Gasteiger partial charge on any atom is -0.492 e. The Morgan fingerprint density at radius 3 is 2.73 bits per heavy atom. The van der Waals surface area contributed by atoms with E-state index in [0.717, 1.165) is 0 Å². The molecule has 1 rings (SSSR count). The van der Waals surface area contributed by atoms with Crippen molar-refractivity contribution in [3.63, 3.8) is 0 Å². The molecule has 0 N–H and O–H groups in total. The molecule has 15 heavy (non-hydrogen) atoms. The molecule has 1 aromatic rings. The second kappa shape index (κ2) is 5.32. The molecular weight excluding hydrogens is 238 g/mol. The lowest BCUT2D eigenvalue weighted by Crippen LogP contribution is -2.07. The molecule has 0 bridgehead atoms. The van der Waals surface area contributed by atoms with Gasteiger partial charge in [0.05, 0.1) is 18.6 Å². The Morgan fingerprint density at radius 1 is 1.47 bits per heavy atom. The molecule has 0 fully saturated rings. The molecule has 0 aromatic carbocycles. The number of halogens is 1. The third-order valence-electron chi connectivity index (χ3n) is 1.63. The number of hydrogen-bond donors (Lipinski definition) is 0. The lowest BCUT2D eigenvalue weighted by atomic mass is 10.4. The van der Waals surface area contributed by atoms with Crippen molar-refractivity contribution in [2.45, 2.75) is 6.42 Å². The van der Waals surface area contributed by atoms with Crippen LogP contribution in [0.5, 0.6) is 5.75 Å². The van der Waals surface area contributed by atoms with E-state index in [2.05, 4.69) is 4.98 Å². The van der Waals surface area contributed by atoms with Crippen molar-refractivity contribution in [1.82, 2.24) is 4.98 Å². The highest BCUT2D eigenvalue weighted by molar-refractivity contribution is 7.90. The summed E-state index contributed by atoms with van der Waals surface area (Å²) in [5.41, 5.74) is 0. The fourth-order valence-electron chi connectivity index (χ4n) is 0.959. The van der Waals surface area contributed by atoms with Gasteiger partial charge in [-0.2, -0.15) is 0 Å². The molecule has 0 atom stereocenters. The van der Waals surface area contributed by atoms with E-state index in [4.69, 9.17) is 16.3 Å². The number of sulfone groups is 1. The van der Waals surface area contributed by atoms with E-state index in [9.17, 15) is 8.42 Å². The Labute approximate surface area is 94.2 Å². The van der Waals surface area contributed by atoms with Gasteiger partial charge in [-0.05, 0) is 18.6 Å². The van der Waals surface area contributed by atoms with Gasteiger partial charge in [-0.25, -0.2) is 13.4 Å². The van der Waals surface area contributed by atoms with Gasteiger partial charge in [-0.15, -0.1) is 0 Å². The SMILES string of the molecule is CS(=O)(=O)CCCOc1ccc(Cl)nc1. The van der Waals surface area contributed by atoms with Crippen LogP contribution in [0.2, 0.25) is 5.15 Å². The highest BCUT2D eigenvalue weighted by atomic mass is 35.5. The second-order valence-corrected chi connectivity index (χ2v) is 5.80. The molecule has 0 aliphatic rings. The maximum absolute atomic E-state index is 10.8. The molecule has 0 unspecified atom stereocenters. The van der Waals surface area contributed by atoms with Crippen LogP contribution in [0.3, 0.4) is 0 Å². The van der Waals surface area contributed by atoms with Crippen molar-refractivity contribution in [2.24, 2.45) is 0 Å². The Balaban J connectivity index is 2.29. The molecule has 0 saturated carbocycles. The molecule has 0 saturated heterocycles. The number of rotatable bonds is 5. The fraction of sp³-hybridized carbons (Fsp3) is 0.444. The Bertz CT molecular complexity index is 402. The van der Waals surface area contributed by atoms with Crippen molar-refractivity contribution >= 4 is 21.4 Å². The van der Waals surface area contributed by atoms with E-state index < -0.39 is 9.84 Å². The topological polar surface area (TPSA) is 56.3 Å². The smallest absolute Gasteiger partial charge is 0.147 e. The standard InChI is InChI=1S/C9H12ClNO3S/c1-15(12,13)6-2-5-14-8-3-4-9(10)11-7-8/h3-4,7H,2,5-6H2,1H3. The van der Waals surface area contributed by atoms with Crippen LogP contribution in [0.25, 0.3) is 0 Å². The zero-order valence-corrected chi connectivity index (χ0v) is 9.88. The molecule has 4 nitrogen and oxygen atoms in total. The molecule has 1 heterocycles. The van der Waals surface area contributed by atoms with Crippen molar-refractivity contribution < 1.29 is 13.2 Å². The van der Waals surface area contributed by atoms with E-state index in [1.165, 1.54) is 12.5 Å². The van der Waals surface area contributed by atoms with E-state index in [1.54, 1.807) is 12.1 Å². The molecule has 0 radical (unpaired) electrons. The zero-order chi connectivity index (χ0) is 11.3. The number of hydrogen-bond acceptors (Lipinski definition) is 4. The van der Waals surface area contributed by atoms with Gasteiger partial charge < -0.3 is 4.74 Å². The number of ether oxygens (including phenoxy) is 1. The van der Waals surface area contributed by atoms with Crippen LogP contribution in [0, 0.1) is 0 Å². The molecular formula is C9H12ClNO3S. The monoisotopic (exact) mass is 249 g/mol. The normalized spacial score (nSPS) is 11.3. The lowest BCUT2D eigenvalue weighted by Gasteiger charge is -2.04. The largest absolute Gasteiger partial charge is 0.492 e. The van der Waals surface area contributed by atoms with Crippen LogP contribution >= 0.6 is 11.6 Å². The zero-order valence-electron chi connectivity index (χ0n) is 8.31. The predicted octanol–water partition coefficient (Wildman–Crippen LogP) is 1.55. The number of pyridine rings is 1. The molecule has 0 amide bonds. The van der Waals surface area contributed by atoms with E-state index in [0.29, 0.717) is 23.9 Å². The minimum atomic E-state index is -2.90. The number of aromatic nitrogens is 1. The van der Waals surface area contributed by atoms with Gasteiger partial charge in [0.2, 0.25) is 0 Å². The minimum absolute atomic E-state index is 0.133. The van der Waals surface area contributed by atoms with Gasteiger partial charge in [0.1, 0.15) is 20.7 Å². The third kappa shape index (κ3) is 5.59. The molecule has 6 heteroatoms. The van der Waals surface area contributed by atoms with Crippen LogP contribution in [0.4, 0.5) is 0 Å². The molecule has 0 spiro atoms. The summed E-state index contributed by atoms with van der Waals surface area (Å²) in [5.74, 6) is 0.724. The van der Waals surface area contributed by atoms with Gasteiger partial charge in [0.15, 0.2) is 0 Å². The predicted molar refractivity (Wildman–Crippen MR) is 59.1 cm³/mol. The van der Waals surface area contributed by atoms with Gasteiger partial charge in [0.25, 0.3) is 0 Å². The van der Waals surface area contributed by atoms with E-state index >= 15 is 0 Å².